The van der Waals surface area contributed by atoms with Crippen LogP contribution in [0.15, 0.2) is 0 Å². The molecule has 0 bridgehead atoms. The first kappa shape index (κ1) is 13.7. The second-order valence-corrected chi connectivity index (χ2v) is 7.94. The number of carbonyl (C=O) groups excluding carboxylic acids is 1. The van der Waals surface area contributed by atoms with E-state index >= 15 is 0 Å². The van der Waals surface area contributed by atoms with Crippen molar-refractivity contribution < 1.29 is 4.79 Å². The van der Waals surface area contributed by atoms with E-state index in [0.717, 1.165) is 43.8 Å². The maximum absolute atomic E-state index is 12.3. The third kappa shape index (κ3) is 2.61. The van der Waals surface area contributed by atoms with E-state index < -0.39 is 0 Å². The molecule has 21 heavy (non-hydrogen) atoms. The van der Waals surface area contributed by atoms with Gasteiger partial charge in [-0.3, -0.25) is 4.79 Å². The zero-order valence-corrected chi connectivity index (χ0v) is 13.2. The molecule has 1 aromatic heterocycles. The lowest BCUT2D eigenvalue weighted by atomic mass is 9.92. The summed E-state index contributed by atoms with van der Waals surface area (Å²) in [7, 11) is 0. The molecular formula is C16H23N3OS. The number of rotatable bonds is 3. The highest BCUT2D eigenvalue weighted by molar-refractivity contribution is 7.11. The average Bonchev–Trinajstić information content (AvgIpc) is 3.04. The second kappa shape index (κ2) is 5.36. The van der Waals surface area contributed by atoms with Gasteiger partial charge in [0.05, 0.1) is 12.2 Å². The van der Waals surface area contributed by atoms with Crippen LogP contribution in [-0.2, 0) is 24.2 Å². The van der Waals surface area contributed by atoms with E-state index in [-0.39, 0.29) is 11.8 Å². The molecule has 1 atom stereocenters. The molecule has 1 saturated carbocycles. The smallest absolute Gasteiger partial charge is 0.224 e. The van der Waals surface area contributed by atoms with Crippen LogP contribution in [0.4, 0.5) is 0 Å². The molecule has 2 N–H and O–H groups in total. The summed E-state index contributed by atoms with van der Waals surface area (Å²) >= 11 is 1.80. The van der Waals surface area contributed by atoms with Crippen molar-refractivity contribution in [1.29, 1.82) is 0 Å². The fourth-order valence-corrected chi connectivity index (χ4v) is 5.06. The molecule has 5 heteroatoms. The first-order valence-corrected chi connectivity index (χ1v) is 9.04. The van der Waals surface area contributed by atoms with Crippen LogP contribution in [-0.4, -0.2) is 24.0 Å². The molecule has 1 aromatic rings. The Labute approximate surface area is 129 Å². The zero-order chi connectivity index (χ0) is 14.3. The maximum atomic E-state index is 12.3. The molecule has 1 spiro atoms. The van der Waals surface area contributed by atoms with Gasteiger partial charge in [0.2, 0.25) is 5.91 Å². The predicted molar refractivity (Wildman–Crippen MR) is 83.2 cm³/mol. The average molecular weight is 305 g/mol. The van der Waals surface area contributed by atoms with Crippen molar-refractivity contribution >= 4 is 17.2 Å². The normalized spacial score (nSPS) is 26.4. The molecule has 0 radical (unpaired) electrons. The number of aryl methyl sites for hydroxylation is 2. The molecule has 2 fully saturated rings. The van der Waals surface area contributed by atoms with Gasteiger partial charge in [0.15, 0.2) is 0 Å². The van der Waals surface area contributed by atoms with Crippen LogP contribution >= 0.6 is 11.3 Å². The van der Waals surface area contributed by atoms with Gasteiger partial charge in [0.25, 0.3) is 0 Å². The Kier molecular flexibility index (Phi) is 3.50. The van der Waals surface area contributed by atoms with E-state index in [9.17, 15) is 4.79 Å². The number of piperidine rings is 1. The Morgan fingerprint density at radius 1 is 1.33 bits per heavy atom. The molecule has 1 amide bonds. The monoisotopic (exact) mass is 305 g/mol. The SMILES string of the molecule is O=C(NCc1nc2c(s1)CCCC2)C1CC12CCNCC2. The Balaban J connectivity index is 1.33. The third-order valence-corrected chi connectivity index (χ3v) is 6.57. The molecule has 3 aliphatic rings. The van der Waals surface area contributed by atoms with Crippen LogP contribution in [0.1, 0.15) is 47.7 Å². The maximum Gasteiger partial charge on any atom is 0.224 e. The summed E-state index contributed by atoms with van der Waals surface area (Å²) in [6.07, 6.45) is 8.28. The van der Waals surface area contributed by atoms with Gasteiger partial charge in [-0.05, 0) is 63.5 Å². The van der Waals surface area contributed by atoms with Crippen LogP contribution in [0.25, 0.3) is 0 Å². The van der Waals surface area contributed by atoms with Crippen LogP contribution in [0.5, 0.6) is 0 Å². The molecule has 1 unspecified atom stereocenters. The van der Waals surface area contributed by atoms with Crippen LogP contribution in [0, 0.1) is 11.3 Å². The first-order valence-electron chi connectivity index (χ1n) is 8.23. The second-order valence-electron chi connectivity index (χ2n) is 6.77. The van der Waals surface area contributed by atoms with Crippen molar-refractivity contribution in [3.63, 3.8) is 0 Å². The zero-order valence-electron chi connectivity index (χ0n) is 12.4. The Hall–Kier alpha value is -0.940. The standard InChI is InChI=1S/C16H23N3OS/c20-15(11-9-16(11)5-7-17-8-6-16)18-10-14-19-12-3-1-2-4-13(12)21-14/h11,17H,1-10H2,(H,18,20). The van der Waals surface area contributed by atoms with Gasteiger partial charge in [0, 0.05) is 10.8 Å². The van der Waals surface area contributed by atoms with E-state index in [0.29, 0.717) is 12.0 Å². The van der Waals surface area contributed by atoms with E-state index in [1.54, 1.807) is 11.3 Å². The Bertz CT molecular complexity index is 524. The molecule has 2 aliphatic carbocycles. The summed E-state index contributed by atoms with van der Waals surface area (Å²) in [4.78, 5) is 18.5. The minimum atomic E-state index is 0.255. The minimum Gasteiger partial charge on any atom is -0.349 e. The molecule has 4 nitrogen and oxygen atoms in total. The van der Waals surface area contributed by atoms with Crippen LogP contribution in [0.2, 0.25) is 0 Å². The minimum absolute atomic E-state index is 0.255. The molecule has 114 valence electrons. The summed E-state index contributed by atoms with van der Waals surface area (Å²) < 4.78 is 0. The van der Waals surface area contributed by atoms with E-state index in [4.69, 9.17) is 4.98 Å². The Morgan fingerprint density at radius 2 is 2.14 bits per heavy atom. The van der Waals surface area contributed by atoms with Crippen molar-refractivity contribution in [3.8, 4) is 0 Å². The van der Waals surface area contributed by atoms with Crippen molar-refractivity contribution in [2.75, 3.05) is 13.1 Å². The van der Waals surface area contributed by atoms with Crippen LogP contribution in [0.3, 0.4) is 0 Å². The summed E-state index contributed by atoms with van der Waals surface area (Å²) in [6.45, 7) is 2.77. The quantitative estimate of drug-likeness (QED) is 0.898. The molecule has 0 aromatic carbocycles. The molecule has 2 heterocycles. The number of aromatic nitrogens is 1. The summed E-state index contributed by atoms with van der Waals surface area (Å²) in [5.41, 5.74) is 1.62. The van der Waals surface area contributed by atoms with Gasteiger partial charge < -0.3 is 10.6 Å². The van der Waals surface area contributed by atoms with Crippen molar-refractivity contribution in [2.24, 2.45) is 11.3 Å². The van der Waals surface area contributed by atoms with Crippen LogP contribution < -0.4 is 10.6 Å². The number of nitrogens with one attached hydrogen (secondary N) is 2. The van der Waals surface area contributed by atoms with E-state index in [2.05, 4.69) is 10.6 Å². The van der Waals surface area contributed by atoms with Gasteiger partial charge >= 0.3 is 0 Å². The number of carbonyl (C=O) groups is 1. The number of fused-ring (bicyclic) bond motifs is 1. The fraction of sp³-hybridized carbons (Fsp3) is 0.750. The lowest BCUT2D eigenvalue weighted by molar-refractivity contribution is -0.123. The lowest BCUT2D eigenvalue weighted by Crippen LogP contribution is -2.33. The number of amides is 1. The lowest BCUT2D eigenvalue weighted by Gasteiger charge is -2.23. The van der Waals surface area contributed by atoms with Gasteiger partial charge in [0.1, 0.15) is 5.01 Å². The summed E-state index contributed by atoms with van der Waals surface area (Å²) in [6, 6.07) is 0. The van der Waals surface area contributed by atoms with Crippen molar-refractivity contribution in [1.82, 2.24) is 15.6 Å². The number of hydrogen-bond donors (Lipinski definition) is 2. The largest absolute Gasteiger partial charge is 0.349 e. The number of hydrogen-bond acceptors (Lipinski definition) is 4. The third-order valence-electron chi connectivity index (χ3n) is 5.41. The molecular weight excluding hydrogens is 282 g/mol. The molecule has 4 rings (SSSR count). The van der Waals surface area contributed by atoms with Gasteiger partial charge in [-0.15, -0.1) is 11.3 Å². The summed E-state index contributed by atoms with van der Waals surface area (Å²) in [5, 5.41) is 7.61. The van der Waals surface area contributed by atoms with Gasteiger partial charge in [-0.2, -0.15) is 0 Å². The van der Waals surface area contributed by atoms with Gasteiger partial charge in [-0.25, -0.2) is 4.98 Å². The topological polar surface area (TPSA) is 54.0 Å². The van der Waals surface area contributed by atoms with E-state index in [1.165, 1.54) is 29.8 Å². The predicted octanol–water partition coefficient (Wildman–Crippen LogP) is 2.03. The fourth-order valence-electron chi connectivity index (χ4n) is 3.96. The molecule has 1 aliphatic heterocycles. The van der Waals surface area contributed by atoms with E-state index in [1.807, 2.05) is 0 Å². The van der Waals surface area contributed by atoms with Crippen molar-refractivity contribution in [2.45, 2.75) is 51.5 Å². The highest BCUT2D eigenvalue weighted by atomic mass is 32.1. The van der Waals surface area contributed by atoms with Crippen molar-refractivity contribution in [3.05, 3.63) is 15.6 Å². The first-order chi connectivity index (χ1) is 10.3. The highest BCUT2D eigenvalue weighted by Gasteiger charge is 2.57. The Morgan fingerprint density at radius 3 is 2.95 bits per heavy atom. The number of nitrogens with zero attached hydrogens (tertiary/aromatic N) is 1. The van der Waals surface area contributed by atoms with Gasteiger partial charge in [-0.1, -0.05) is 0 Å². The molecule has 1 saturated heterocycles. The summed E-state index contributed by atoms with van der Waals surface area (Å²) in [5.74, 6) is 0.513. The highest BCUT2D eigenvalue weighted by Crippen LogP contribution is 2.58. The number of thiazole rings is 1.